The normalized spacial score (nSPS) is 18.7. The van der Waals surface area contributed by atoms with Crippen LogP contribution in [0.15, 0.2) is 0 Å². The smallest absolute Gasteiger partial charge is 0.0860 e. The van der Waals surface area contributed by atoms with Gasteiger partial charge in [0.15, 0.2) is 0 Å². The van der Waals surface area contributed by atoms with Crippen LogP contribution < -0.4 is 5.32 Å². The first-order valence-electron chi connectivity index (χ1n) is 7.02. The van der Waals surface area contributed by atoms with Crippen molar-refractivity contribution in [1.29, 1.82) is 0 Å². The summed E-state index contributed by atoms with van der Waals surface area (Å²) in [6.45, 7) is 3.82. The summed E-state index contributed by atoms with van der Waals surface area (Å²) in [6.07, 6.45) is 9.05. The van der Waals surface area contributed by atoms with E-state index in [0.29, 0.717) is 4.75 Å². The largest absolute Gasteiger partial charge is 0.310 e. The van der Waals surface area contributed by atoms with Gasteiger partial charge in [0.05, 0.1) is 16.4 Å². The van der Waals surface area contributed by atoms with Gasteiger partial charge in [0.25, 0.3) is 0 Å². The number of nitrogens with one attached hydrogen (secondary N) is 1. The molecule has 2 rings (SSSR count). The van der Waals surface area contributed by atoms with E-state index in [2.05, 4.69) is 16.7 Å². The topological polar surface area (TPSA) is 29.9 Å². The lowest BCUT2D eigenvalue weighted by molar-refractivity contribution is 0.378. The van der Waals surface area contributed by atoms with Crippen molar-refractivity contribution in [2.75, 3.05) is 12.8 Å². The quantitative estimate of drug-likeness (QED) is 0.902. The number of aromatic nitrogens is 2. The van der Waals surface area contributed by atoms with Crippen LogP contribution in [0.1, 0.15) is 43.5 Å². The third-order valence-corrected chi connectivity index (χ3v) is 6.11. The number of thioether (sulfide) groups is 1. The predicted octanol–water partition coefficient (Wildman–Crippen LogP) is 3.54. The second-order valence-electron chi connectivity index (χ2n) is 5.52. The summed E-state index contributed by atoms with van der Waals surface area (Å²) in [7, 11) is 1.96. The monoisotopic (exact) mass is 301 g/mol. The van der Waals surface area contributed by atoms with Crippen molar-refractivity contribution in [2.45, 2.75) is 50.3 Å². The first-order valence-corrected chi connectivity index (χ1v) is 8.62. The van der Waals surface area contributed by atoms with Crippen LogP contribution in [0.2, 0.25) is 5.02 Å². The van der Waals surface area contributed by atoms with Gasteiger partial charge < -0.3 is 5.32 Å². The number of nitrogens with zero attached hydrogens (tertiary/aromatic N) is 2. The second-order valence-corrected chi connectivity index (χ2v) is 7.17. The molecule has 0 amide bonds. The van der Waals surface area contributed by atoms with Gasteiger partial charge in [0.2, 0.25) is 0 Å². The lowest BCUT2D eigenvalue weighted by atomic mass is 9.88. The van der Waals surface area contributed by atoms with E-state index in [-0.39, 0.29) is 0 Å². The van der Waals surface area contributed by atoms with Gasteiger partial charge >= 0.3 is 0 Å². The van der Waals surface area contributed by atoms with E-state index in [0.717, 1.165) is 29.5 Å². The Kier molecular flexibility index (Phi) is 5.21. The Balaban J connectivity index is 1.92. The van der Waals surface area contributed by atoms with Crippen LogP contribution in [-0.4, -0.2) is 27.3 Å². The van der Waals surface area contributed by atoms with E-state index in [1.165, 1.54) is 32.1 Å². The van der Waals surface area contributed by atoms with E-state index in [4.69, 9.17) is 11.6 Å². The minimum atomic E-state index is 0.429. The van der Waals surface area contributed by atoms with E-state index in [9.17, 15) is 0 Å². The molecule has 1 N–H and O–H groups in total. The second kappa shape index (κ2) is 6.51. The highest BCUT2D eigenvalue weighted by atomic mass is 35.5. The number of hydrogen-bond donors (Lipinski definition) is 1. The van der Waals surface area contributed by atoms with Crippen LogP contribution in [0, 0.1) is 6.92 Å². The first-order chi connectivity index (χ1) is 9.08. The van der Waals surface area contributed by atoms with Crippen LogP contribution in [0.25, 0.3) is 0 Å². The molecule has 19 heavy (non-hydrogen) atoms. The Hall–Kier alpha value is -0.190. The molecule has 0 aliphatic heterocycles. The summed E-state index contributed by atoms with van der Waals surface area (Å²) in [6, 6.07) is 0. The van der Waals surface area contributed by atoms with Crippen molar-refractivity contribution in [2.24, 2.45) is 7.05 Å². The Morgan fingerprint density at radius 3 is 2.58 bits per heavy atom. The van der Waals surface area contributed by atoms with Gasteiger partial charge in [-0.25, -0.2) is 0 Å². The molecule has 3 nitrogen and oxygen atoms in total. The van der Waals surface area contributed by atoms with E-state index in [1.54, 1.807) is 0 Å². The van der Waals surface area contributed by atoms with Gasteiger partial charge in [-0.15, -0.1) is 0 Å². The molecule has 1 aliphatic carbocycles. The number of rotatable bonds is 5. The fraction of sp³-hybridized carbons (Fsp3) is 0.786. The molecular formula is C14H24ClN3S. The molecule has 1 aliphatic rings. The summed E-state index contributed by atoms with van der Waals surface area (Å²) >= 11 is 8.30. The molecule has 0 bridgehead atoms. The Morgan fingerprint density at radius 1 is 1.37 bits per heavy atom. The third kappa shape index (κ3) is 3.47. The molecule has 0 spiro atoms. The van der Waals surface area contributed by atoms with E-state index >= 15 is 0 Å². The maximum atomic E-state index is 6.28. The van der Waals surface area contributed by atoms with Crippen LogP contribution in [0.3, 0.4) is 0 Å². The van der Waals surface area contributed by atoms with Crippen LogP contribution >= 0.6 is 23.4 Å². The highest BCUT2D eigenvalue weighted by Crippen LogP contribution is 2.38. The Morgan fingerprint density at radius 2 is 2.05 bits per heavy atom. The molecule has 108 valence electrons. The summed E-state index contributed by atoms with van der Waals surface area (Å²) < 4.78 is 2.32. The summed E-state index contributed by atoms with van der Waals surface area (Å²) in [5.41, 5.74) is 2.00. The predicted molar refractivity (Wildman–Crippen MR) is 84.0 cm³/mol. The van der Waals surface area contributed by atoms with Crippen molar-refractivity contribution in [1.82, 2.24) is 15.1 Å². The lowest BCUT2D eigenvalue weighted by Gasteiger charge is -2.36. The zero-order valence-electron chi connectivity index (χ0n) is 12.1. The summed E-state index contributed by atoms with van der Waals surface area (Å²) in [5, 5.41) is 8.75. The summed E-state index contributed by atoms with van der Waals surface area (Å²) in [4.78, 5) is 0. The first kappa shape index (κ1) is 15.2. The van der Waals surface area contributed by atoms with E-state index in [1.807, 2.05) is 30.4 Å². The zero-order valence-corrected chi connectivity index (χ0v) is 13.7. The number of aryl methyl sites for hydroxylation is 2. The minimum absolute atomic E-state index is 0.429. The SMILES string of the molecule is CSC1(CNCc2c(Cl)c(C)nn2C)CCCCC1. The van der Waals surface area contributed by atoms with Gasteiger partial charge in [-0.3, -0.25) is 4.68 Å². The van der Waals surface area contributed by atoms with Gasteiger partial charge in [-0.1, -0.05) is 30.9 Å². The zero-order chi connectivity index (χ0) is 13.9. The molecule has 0 atom stereocenters. The molecular weight excluding hydrogens is 278 g/mol. The molecule has 1 aromatic rings. The maximum absolute atomic E-state index is 6.28. The Labute approximate surface area is 125 Å². The fourth-order valence-corrected chi connectivity index (χ4v) is 4.10. The molecule has 5 heteroatoms. The van der Waals surface area contributed by atoms with Crippen molar-refractivity contribution in [3.8, 4) is 0 Å². The standard InChI is InChI=1S/C14H24ClN3S/c1-11-13(15)12(18(2)17-11)9-16-10-14(19-3)7-5-4-6-8-14/h16H,4-10H2,1-3H3. The summed E-state index contributed by atoms with van der Waals surface area (Å²) in [5.74, 6) is 0. The van der Waals surface area contributed by atoms with Crippen molar-refractivity contribution in [3.05, 3.63) is 16.4 Å². The Bertz CT molecular complexity index is 425. The number of hydrogen-bond acceptors (Lipinski definition) is 3. The van der Waals surface area contributed by atoms with Crippen molar-refractivity contribution < 1.29 is 0 Å². The van der Waals surface area contributed by atoms with Gasteiger partial charge in [-0.05, 0) is 26.0 Å². The van der Waals surface area contributed by atoms with Gasteiger partial charge in [0, 0.05) is 24.9 Å². The molecule has 1 heterocycles. The highest BCUT2D eigenvalue weighted by molar-refractivity contribution is 8.00. The maximum Gasteiger partial charge on any atom is 0.0860 e. The lowest BCUT2D eigenvalue weighted by Crippen LogP contribution is -2.39. The van der Waals surface area contributed by atoms with Gasteiger partial charge in [-0.2, -0.15) is 16.9 Å². The molecule has 0 unspecified atom stereocenters. The van der Waals surface area contributed by atoms with Gasteiger partial charge in [0.1, 0.15) is 0 Å². The number of halogens is 1. The average molecular weight is 302 g/mol. The van der Waals surface area contributed by atoms with Crippen LogP contribution in [-0.2, 0) is 13.6 Å². The van der Waals surface area contributed by atoms with Crippen LogP contribution in [0.4, 0.5) is 0 Å². The minimum Gasteiger partial charge on any atom is -0.310 e. The molecule has 1 aromatic heterocycles. The average Bonchev–Trinajstić information content (AvgIpc) is 2.66. The van der Waals surface area contributed by atoms with Crippen molar-refractivity contribution in [3.63, 3.8) is 0 Å². The molecule has 0 aromatic carbocycles. The van der Waals surface area contributed by atoms with Crippen LogP contribution in [0.5, 0.6) is 0 Å². The molecule has 0 saturated heterocycles. The highest BCUT2D eigenvalue weighted by Gasteiger charge is 2.30. The van der Waals surface area contributed by atoms with E-state index < -0.39 is 0 Å². The fourth-order valence-electron chi connectivity index (χ4n) is 2.93. The molecule has 0 radical (unpaired) electrons. The molecule has 1 fully saturated rings. The third-order valence-electron chi connectivity index (χ3n) is 4.20. The molecule has 1 saturated carbocycles. The van der Waals surface area contributed by atoms with Crippen molar-refractivity contribution >= 4 is 23.4 Å².